The predicted octanol–water partition coefficient (Wildman–Crippen LogP) is -3.23. The zero-order chi connectivity index (χ0) is 9.30. The van der Waals surface area contributed by atoms with Crippen LogP contribution in [0.4, 0.5) is 0 Å². The van der Waals surface area contributed by atoms with E-state index in [0.717, 1.165) is 0 Å². The number of carboxylic acid groups (broad SMARTS) is 1. The number of hydrogen-bond acceptors (Lipinski definition) is 4. The molecule has 0 bridgehead atoms. The summed E-state index contributed by atoms with van der Waals surface area (Å²) in [4.78, 5) is 18.4. The number of carbonyl (C=O) groups excluding carboxylic acids is 1. The summed E-state index contributed by atoms with van der Waals surface area (Å²) < 4.78 is 0. The Kier molecular flexibility index (Phi) is 4.53. The first-order valence-electron chi connectivity index (χ1n) is 3.55. The minimum atomic E-state index is -1.22. The maximum atomic E-state index is 10.6. The van der Waals surface area contributed by atoms with Crippen LogP contribution in [0.1, 0.15) is 27.6 Å². The normalized spacial score (nSPS) is 9.15. The van der Waals surface area contributed by atoms with Gasteiger partial charge < -0.3 is 9.90 Å². The summed E-state index contributed by atoms with van der Waals surface area (Å²) in [5.41, 5.74) is 1.01. The largest absolute Gasteiger partial charge is 1.00 e. The van der Waals surface area contributed by atoms with E-state index >= 15 is 0 Å². The topological polar surface area (TPSA) is 65.9 Å². The molecule has 0 aliphatic rings. The van der Waals surface area contributed by atoms with Gasteiger partial charge in [0.1, 0.15) is 5.82 Å². The van der Waals surface area contributed by atoms with E-state index in [4.69, 9.17) is 0 Å². The molecule has 0 N–H and O–H groups in total. The van der Waals surface area contributed by atoms with E-state index in [0.29, 0.717) is 17.2 Å². The first-order valence-corrected chi connectivity index (χ1v) is 3.55. The standard InChI is InChI=1S/C8H10N2O2.Na/c1-4-7(8(11)12)5(2)10-6(3)9-4;/h1-3H3,(H,11,12);/q;+1/p-1. The van der Waals surface area contributed by atoms with Crippen LogP contribution in [-0.4, -0.2) is 15.9 Å². The number of aromatic nitrogens is 2. The fraction of sp³-hybridized carbons (Fsp3) is 0.375. The number of rotatable bonds is 1. The van der Waals surface area contributed by atoms with Crippen molar-refractivity contribution in [3.8, 4) is 0 Å². The molecule has 64 valence electrons. The molecular weight excluding hydrogens is 179 g/mol. The Hall–Kier alpha value is -0.450. The van der Waals surface area contributed by atoms with Crippen molar-refractivity contribution in [2.24, 2.45) is 0 Å². The number of aromatic carboxylic acids is 1. The van der Waals surface area contributed by atoms with Crippen molar-refractivity contribution in [3.63, 3.8) is 0 Å². The van der Waals surface area contributed by atoms with Crippen LogP contribution in [0.5, 0.6) is 0 Å². The number of carboxylic acids is 1. The molecule has 0 saturated heterocycles. The molecule has 0 fully saturated rings. The molecule has 0 spiro atoms. The molecule has 1 rings (SSSR count). The van der Waals surface area contributed by atoms with Crippen LogP contribution in [0, 0.1) is 20.8 Å². The van der Waals surface area contributed by atoms with Gasteiger partial charge in [-0.3, -0.25) is 0 Å². The van der Waals surface area contributed by atoms with E-state index < -0.39 is 5.97 Å². The summed E-state index contributed by atoms with van der Waals surface area (Å²) in [6.07, 6.45) is 0. The van der Waals surface area contributed by atoms with Crippen molar-refractivity contribution in [2.75, 3.05) is 0 Å². The number of carbonyl (C=O) groups is 1. The van der Waals surface area contributed by atoms with E-state index in [-0.39, 0.29) is 35.1 Å². The van der Waals surface area contributed by atoms with Crippen LogP contribution in [-0.2, 0) is 0 Å². The van der Waals surface area contributed by atoms with Crippen LogP contribution in [0.15, 0.2) is 0 Å². The van der Waals surface area contributed by atoms with Gasteiger partial charge in [0.05, 0.1) is 17.4 Å². The van der Waals surface area contributed by atoms with Crippen LogP contribution >= 0.6 is 0 Å². The second kappa shape index (κ2) is 4.69. The van der Waals surface area contributed by atoms with Gasteiger partial charge in [-0.15, -0.1) is 0 Å². The summed E-state index contributed by atoms with van der Waals surface area (Å²) in [6, 6.07) is 0. The zero-order valence-electron chi connectivity index (χ0n) is 8.21. The summed E-state index contributed by atoms with van der Waals surface area (Å²) in [7, 11) is 0. The Morgan fingerprint density at radius 3 is 1.85 bits per heavy atom. The molecule has 1 aromatic rings. The molecule has 1 aromatic heterocycles. The molecule has 0 aliphatic heterocycles. The van der Waals surface area contributed by atoms with Gasteiger partial charge in [0.25, 0.3) is 0 Å². The van der Waals surface area contributed by atoms with E-state index in [1.165, 1.54) is 0 Å². The molecule has 4 nitrogen and oxygen atoms in total. The van der Waals surface area contributed by atoms with Gasteiger partial charge in [0.2, 0.25) is 0 Å². The van der Waals surface area contributed by atoms with Crippen molar-refractivity contribution in [1.29, 1.82) is 0 Å². The molecular formula is C8H9N2NaO2. The fourth-order valence-corrected chi connectivity index (χ4v) is 1.18. The second-order valence-electron chi connectivity index (χ2n) is 2.60. The van der Waals surface area contributed by atoms with Crippen molar-refractivity contribution < 1.29 is 39.5 Å². The van der Waals surface area contributed by atoms with Crippen LogP contribution < -0.4 is 34.7 Å². The summed E-state index contributed by atoms with van der Waals surface area (Å²) in [5.74, 6) is -0.639. The minimum Gasteiger partial charge on any atom is -0.545 e. The molecule has 0 amide bonds. The van der Waals surface area contributed by atoms with Gasteiger partial charge in [0, 0.05) is 5.56 Å². The molecule has 0 atom stereocenters. The summed E-state index contributed by atoms with van der Waals surface area (Å²) >= 11 is 0. The Balaban J connectivity index is 0.00000144. The Bertz CT molecular complexity index is 316. The van der Waals surface area contributed by atoms with E-state index in [9.17, 15) is 9.90 Å². The van der Waals surface area contributed by atoms with Crippen molar-refractivity contribution >= 4 is 5.97 Å². The average molecular weight is 188 g/mol. The third-order valence-electron chi connectivity index (χ3n) is 1.59. The van der Waals surface area contributed by atoms with Crippen molar-refractivity contribution in [1.82, 2.24) is 9.97 Å². The number of nitrogens with zero attached hydrogens (tertiary/aromatic N) is 2. The van der Waals surface area contributed by atoms with Gasteiger partial charge in [-0.1, -0.05) is 0 Å². The minimum absolute atomic E-state index is 0. The van der Waals surface area contributed by atoms with E-state index in [2.05, 4.69) is 9.97 Å². The number of aryl methyl sites for hydroxylation is 3. The third kappa shape index (κ3) is 2.76. The molecule has 1 heterocycles. The quantitative estimate of drug-likeness (QED) is 0.435. The average Bonchev–Trinajstić information content (AvgIpc) is 1.82. The van der Waals surface area contributed by atoms with Crippen molar-refractivity contribution in [3.05, 3.63) is 22.8 Å². The SMILES string of the molecule is Cc1nc(C)c(C(=O)[O-])c(C)n1.[Na+]. The van der Waals surface area contributed by atoms with Gasteiger partial charge in [0.15, 0.2) is 0 Å². The van der Waals surface area contributed by atoms with Gasteiger partial charge in [-0.05, 0) is 20.8 Å². The Morgan fingerprint density at radius 1 is 1.15 bits per heavy atom. The van der Waals surface area contributed by atoms with Gasteiger partial charge in [-0.25, -0.2) is 9.97 Å². The van der Waals surface area contributed by atoms with Crippen LogP contribution in [0.25, 0.3) is 0 Å². The van der Waals surface area contributed by atoms with Gasteiger partial charge >= 0.3 is 29.6 Å². The summed E-state index contributed by atoms with van der Waals surface area (Å²) in [5, 5.41) is 10.6. The molecule has 0 radical (unpaired) electrons. The van der Waals surface area contributed by atoms with Crippen LogP contribution in [0.2, 0.25) is 0 Å². The predicted molar refractivity (Wildman–Crippen MR) is 40.6 cm³/mol. The first-order chi connectivity index (χ1) is 5.52. The summed E-state index contributed by atoms with van der Waals surface area (Å²) in [6.45, 7) is 4.98. The molecule has 0 saturated carbocycles. The van der Waals surface area contributed by atoms with E-state index in [1.54, 1.807) is 20.8 Å². The molecule has 5 heteroatoms. The maximum Gasteiger partial charge on any atom is 1.00 e. The molecule has 0 aromatic carbocycles. The maximum absolute atomic E-state index is 10.6. The van der Waals surface area contributed by atoms with E-state index in [1.807, 2.05) is 0 Å². The second-order valence-corrected chi connectivity index (χ2v) is 2.60. The fourth-order valence-electron chi connectivity index (χ4n) is 1.18. The molecule has 0 unspecified atom stereocenters. The number of hydrogen-bond donors (Lipinski definition) is 0. The Morgan fingerprint density at radius 2 is 1.54 bits per heavy atom. The molecule has 0 aliphatic carbocycles. The smallest absolute Gasteiger partial charge is 0.545 e. The monoisotopic (exact) mass is 188 g/mol. The van der Waals surface area contributed by atoms with Crippen LogP contribution in [0.3, 0.4) is 0 Å². The van der Waals surface area contributed by atoms with Crippen molar-refractivity contribution in [2.45, 2.75) is 20.8 Å². The third-order valence-corrected chi connectivity index (χ3v) is 1.59. The Labute approximate surface area is 98.7 Å². The first kappa shape index (κ1) is 12.6. The molecule has 13 heavy (non-hydrogen) atoms. The van der Waals surface area contributed by atoms with Gasteiger partial charge in [-0.2, -0.15) is 0 Å². The zero-order valence-corrected chi connectivity index (χ0v) is 10.2.